The Morgan fingerprint density at radius 3 is 2.28 bits per heavy atom. The highest BCUT2D eigenvalue weighted by atomic mass is 35.5. The van der Waals surface area contributed by atoms with Gasteiger partial charge in [-0.15, -0.1) is 12.4 Å². The lowest BCUT2D eigenvalue weighted by atomic mass is 10.1. The van der Waals surface area contributed by atoms with Gasteiger partial charge in [-0.05, 0) is 24.1 Å². The summed E-state index contributed by atoms with van der Waals surface area (Å²) in [6.07, 6.45) is 0. The minimum Gasteiger partial charge on any atom is -0.491 e. The Kier molecular flexibility index (Phi) is 5.69. The van der Waals surface area contributed by atoms with Crippen LogP contribution in [0.4, 0.5) is 0 Å². The molecule has 0 aliphatic carbocycles. The number of nitrogens with two attached hydrogens (primary N) is 1. The normalized spacial score (nSPS) is 11.4. The summed E-state index contributed by atoms with van der Waals surface area (Å²) in [7, 11) is 0. The van der Waals surface area contributed by atoms with Gasteiger partial charge in [0.1, 0.15) is 12.4 Å². The van der Waals surface area contributed by atoms with Crippen LogP contribution in [0, 0.1) is 6.92 Å². The Hall–Kier alpha value is -1.51. The largest absolute Gasteiger partial charge is 0.491 e. The lowest BCUT2D eigenvalue weighted by Crippen LogP contribution is -2.19. The van der Waals surface area contributed by atoms with E-state index in [9.17, 15) is 0 Å². The fraction of sp³-hybridized carbons (Fsp3) is 0.200. The molecule has 0 aromatic heterocycles. The predicted octanol–water partition coefficient (Wildman–Crippen LogP) is 3.50. The summed E-state index contributed by atoms with van der Waals surface area (Å²) in [6, 6.07) is 17.9. The standard InChI is InChI=1S/C15H17NO.ClH/c1-12-7-5-6-10-15(12)17-11-14(16)13-8-3-2-4-9-13;/h2-10,14H,11,16H2,1H3;1H/t14-;/m0./s1. The molecular weight excluding hydrogens is 246 g/mol. The monoisotopic (exact) mass is 263 g/mol. The maximum Gasteiger partial charge on any atom is 0.122 e. The van der Waals surface area contributed by atoms with Crippen molar-refractivity contribution in [2.45, 2.75) is 13.0 Å². The van der Waals surface area contributed by atoms with Crippen LogP contribution in [0.15, 0.2) is 54.6 Å². The predicted molar refractivity (Wildman–Crippen MR) is 77.3 cm³/mol. The first kappa shape index (κ1) is 14.6. The molecule has 3 heteroatoms. The minimum atomic E-state index is -0.0872. The van der Waals surface area contributed by atoms with E-state index in [0.717, 1.165) is 16.9 Å². The molecule has 2 N–H and O–H groups in total. The SMILES string of the molecule is Cc1ccccc1OC[C@H](N)c1ccccc1.Cl. The van der Waals surface area contributed by atoms with E-state index in [4.69, 9.17) is 10.5 Å². The topological polar surface area (TPSA) is 35.2 Å². The first-order valence-electron chi connectivity index (χ1n) is 5.76. The van der Waals surface area contributed by atoms with Crippen LogP contribution in [-0.2, 0) is 0 Å². The van der Waals surface area contributed by atoms with Crippen LogP contribution in [0.2, 0.25) is 0 Å². The third-order valence-electron chi connectivity index (χ3n) is 2.74. The number of ether oxygens (including phenoxy) is 1. The van der Waals surface area contributed by atoms with Crippen molar-refractivity contribution in [1.82, 2.24) is 0 Å². The molecule has 1 atom stereocenters. The smallest absolute Gasteiger partial charge is 0.122 e. The molecular formula is C15H18ClNO. The van der Waals surface area contributed by atoms with E-state index in [1.54, 1.807) is 0 Å². The van der Waals surface area contributed by atoms with Crippen LogP contribution in [-0.4, -0.2) is 6.61 Å². The molecule has 0 unspecified atom stereocenters. The molecule has 2 aromatic carbocycles. The molecule has 0 aliphatic heterocycles. The van der Waals surface area contributed by atoms with E-state index in [-0.39, 0.29) is 18.4 Å². The van der Waals surface area contributed by atoms with Gasteiger partial charge in [0.05, 0.1) is 6.04 Å². The van der Waals surface area contributed by atoms with Gasteiger partial charge >= 0.3 is 0 Å². The van der Waals surface area contributed by atoms with E-state index >= 15 is 0 Å². The lowest BCUT2D eigenvalue weighted by molar-refractivity contribution is 0.289. The molecule has 0 spiro atoms. The van der Waals surface area contributed by atoms with Crippen molar-refractivity contribution in [3.05, 3.63) is 65.7 Å². The minimum absolute atomic E-state index is 0. The number of hydrogen-bond acceptors (Lipinski definition) is 2. The van der Waals surface area contributed by atoms with Crippen LogP contribution < -0.4 is 10.5 Å². The van der Waals surface area contributed by atoms with E-state index in [1.165, 1.54) is 0 Å². The van der Waals surface area contributed by atoms with Gasteiger partial charge < -0.3 is 10.5 Å². The van der Waals surface area contributed by atoms with E-state index < -0.39 is 0 Å². The number of hydrogen-bond donors (Lipinski definition) is 1. The number of aryl methyl sites for hydroxylation is 1. The van der Waals surface area contributed by atoms with Crippen molar-refractivity contribution >= 4 is 12.4 Å². The number of halogens is 1. The molecule has 0 saturated heterocycles. The molecule has 0 heterocycles. The van der Waals surface area contributed by atoms with E-state index in [1.807, 2.05) is 61.5 Å². The highest BCUT2D eigenvalue weighted by Crippen LogP contribution is 2.18. The van der Waals surface area contributed by atoms with E-state index in [0.29, 0.717) is 6.61 Å². The van der Waals surface area contributed by atoms with Crippen molar-refractivity contribution in [1.29, 1.82) is 0 Å². The average Bonchev–Trinajstić information content (AvgIpc) is 2.38. The van der Waals surface area contributed by atoms with Crippen LogP contribution >= 0.6 is 12.4 Å². The Morgan fingerprint density at radius 1 is 1.00 bits per heavy atom. The maximum absolute atomic E-state index is 6.07. The summed E-state index contributed by atoms with van der Waals surface area (Å²) >= 11 is 0. The average molecular weight is 264 g/mol. The van der Waals surface area contributed by atoms with Crippen LogP contribution in [0.5, 0.6) is 5.75 Å². The quantitative estimate of drug-likeness (QED) is 0.916. The van der Waals surface area contributed by atoms with Gasteiger partial charge in [0.15, 0.2) is 0 Å². The molecule has 96 valence electrons. The number of para-hydroxylation sites is 1. The van der Waals surface area contributed by atoms with Gasteiger partial charge in [-0.2, -0.15) is 0 Å². The summed E-state index contributed by atoms with van der Waals surface area (Å²) < 4.78 is 5.73. The zero-order valence-corrected chi connectivity index (χ0v) is 11.2. The summed E-state index contributed by atoms with van der Waals surface area (Å²) in [6.45, 7) is 2.53. The van der Waals surface area contributed by atoms with Gasteiger partial charge in [0.2, 0.25) is 0 Å². The zero-order chi connectivity index (χ0) is 12.1. The summed E-state index contributed by atoms with van der Waals surface area (Å²) in [5, 5.41) is 0. The Labute approximate surface area is 114 Å². The molecule has 0 saturated carbocycles. The number of rotatable bonds is 4. The summed E-state index contributed by atoms with van der Waals surface area (Å²) in [5.41, 5.74) is 8.30. The molecule has 0 fully saturated rings. The van der Waals surface area contributed by atoms with Crippen molar-refractivity contribution in [2.75, 3.05) is 6.61 Å². The van der Waals surface area contributed by atoms with Crippen LogP contribution in [0.1, 0.15) is 17.2 Å². The second-order valence-corrected chi connectivity index (χ2v) is 4.09. The molecule has 2 aromatic rings. The fourth-order valence-electron chi connectivity index (χ4n) is 1.69. The third kappa shape index (κ3) is 3.76. The second-order valence-electron chi connectivity index (χ2n) is 4.09. The zero-order valence-electron chi connectivity index (χ0n) is 10.4. The third-order valence-corrected chi connectivity index (χ3v) is 2.74. The Balaban J connectivity index is 0.00000162. The maximum atomic E-state index is 6.07. The molecule has 0 aliphatic rings. The highest BCUT2D eigenvalue weighted by molar-refractivity contribution is 5.85. The molecule has 18 heavy (non-hydrogen) atoms. The van der Waals surface area contributed by atoms with Crippen molar-refractivity contribution in [3.63, 3.8) is 0 Å². The fourth-order valence-corrected chi connectivity index (χ4v) is 1.69. The highest BCUT2D eigenvalue weighted by Gasteiger charge is 2.06. The second kappa shape index (κ2) is 7.04. The number of benzene rings is 2. The van der Waals surface area contributed by atoms with E-state index in [2.05, 4.69) is 0 Å². The summed E-state index contributed by atoms with van der Waals surface area (Å²) in [4.78, 5) is 0. The van der Waals surface area contributed by atoms with Crippen molar-refractivity contribution < 1.29 is 4.74 Å². The van der Waals surface area contributed by atoms with Gasteiger partial charge in [-0.3, -0.25) is 0 Å². The molecule has 0 amide bonds. The van der Waals surface area contributed by atoms with Gasteiger partial charge in [-0.1, -0.05) is 48.5 Å². The van der Waals surface area contributed by atoms with Crippen LogP contribution in [0.25, 0.3) is 0 Å². The lowest BCUT2D eigenvalue weighted by Gasteiger charge is -2.14. The summed E-state index contributed by atoms with van der Waals surface area (Å²) in [5.74, 6) is 0.902. The van der Waals surface area contributed by atoms with Crippen molar-refractivity contribution in [3.8, 4) is 5.75 Å². The molecule has 0 radical (unpaired) electrons. The van der Waals surface area contributed by atoms with Crippen molar-refractivity contribution in [2.24, 2.45) is 5.73 Å². The Morgan fingerprint density at radius 2 is 1.61 bits per heavy atom. The first-order chi connectivity index (χ1) is 8.27. The van der Waals surface area contributed by atoms with Gasteiger partial charge in [0.25, 0.3) is 0 Å². The van der Waals surface area contributed by atoms with Gasteiger partial charge in [0, 0.05) is 0 Å². The van der Waals surface area contributed by atoms with Crippen LogP contribution in [0.3, 0.4) is 0 Å². The molecule has 2 nitrogen and oxygen atoms in total. The molecule has 0 bridgehead atoms. The molecule has 2 rings (SSSR count). The first-order valence-corrected chi connectivity index (χ1v) is 5.76. The van der Waals surface area contributed by atoms with Gasteiger partial charge in [-0.25, -0.2) is 0 Å². The Bertz CT molecular complexity index is 473.